The van der Waals surface area contributed by atoms with E-state index in [9.17, 15) is 13.6 Å². The third-order valence-electron chi connectivity index (χ3n) is 3.54. The third-order valence-corrected chi connectivity index (χ3v) is 3.54. The Kier molecular flexibility index (Phi) is 3.93. The molecule has 0 saturated carbocycles. The van der Waals surface area contributed by atoms with Gasteiger partial charge in [0, 0.05) is 32.4 Å². The van der Waals surface area contributed by atoms with E-state index in [0.717, 1.165) is 23.1 Å². The SMILES string of the molecule is CN(C)N1C=CC2=NC(C(=O)Nc3cc(F)ccc3F)=C[NH+]2C1. The van der Waals surface area contributed by atoms with Crippen molar-refractivity contribution < 1.29 is 18.5 Å². The van der Waals surface area contributed by atoms with Crippen LogP contribution in [0.25, 0.3) is 0 Å². The van der Waals surface area contributed by atoms with Gasteiger partial charge in [-0.25, -0.2) is 18.7 Å². The number of carbonyl (C=O) groups excluding carboxylic acids is 1. The summed E-state index contributed by atoms with van der Waals surface area (Å²) < 4.78 is 26.7. The van der Waals surface area contributed by atoms with Gasteiger partial charge in [-0.3, -0.25) is 9.80 Å². The molecular formula is C15H16F2N5O+. The molecule has 0 bridgehead atoms. The summed E-state index contributed by atoms with van der Waals surface area (Å²) in [6.45, 7) is 0.591. The van der Waals surface area contributed by atoms with E-state index in [2.05, 4.69) is 10.3 Å². The van der Waals surface area contributed by atoms with Crippen LogP contribution in [-0.4, -0.2) is 42.5 Å². The van der Waals surface area contributed by atoms with Gasteiger partial charge in [0.2, 0.25) is 5.84 Å². The van der Waals surface area contributed by atoms with Crippen molar-refractivity contribution in [1.82, 2.24) is 10.0 Å². The summed E-state index contributed by atoms with van der Waals surface area (Å²) in [5, 5.41) is 6.21. The number of hydrogen-bond donors (Lipinski definition) is 2. The molecule has 1 unspecified atom stereocenters. The molecule has 2 aliphatic rings. The quantitative estimate of drug-likeness (QED) is 0.843. The number of rotatable bonds is 3. The molecule has 1 atom stereocenters. The number of carbonyl (C=O) groups is 1. The Morgan fingerprint density at radius 2 is 2.17 bits per heavy atom. The van der Waals surface area contributed by atoms with Crippen LogP contribution < -0.4 is 10.2 Å². The monoisotopic (exact) mass is 320 g/mol. The summed E-state index contributed by atoms with van der Waals surface area (Å²) in [5.74, 6) is -1.20. The molecule has 23 heavy (non-hydrogen) atoms. The molecule has 1 aromatic carbocycles. The molecule has 6 nitrogen and oxygen atoms in total. The first-order chi connectivity index (χ1) is 10.9. The standard InChI is InChI=1S/C15H15F2N5O/c1-20(2)22-6-5-14-18-13(8-21(14)9-22)15(23)19-12-7-10(16)3-4-11(12)17/h3-8H,9H2,1-2H3,(H,19,23)/p+1. The smallest absolute Gasteiger partial charge is 0.280 e. The first kappa shape index (κ1) is 15.3. The number of aliphatic imine (C=N–C) groups is 1. The summed E-state index contributed by atoms with van der Waals surface area (Å²) in [6.07, 6.45) is 5.32. The fraction of sp³-hybridized carbons (Fsp3) is 0.200. The highest BCUT2D eigenvalue weighted by Crippen LogP contribution is 2.16. The van der Waals surface area contributed by atoms with Crippen molar-refractivity contribution in [2.24, 2.45) is 4.99 Å². The Morgan fingerprint density at radius 3 is 2.91 bits per heavy atom. The molecule has 2 aliphatic heterocycles. The number of fused-ring (bicyclic) bond motifs is 1. The molecule has 1 amide bonds. The summed E-state index contributed by atoms with van der Waals surface area (Å²) >= 11 is 0. The highest BCUT2D eigenvalue weighted by Gasteiger charge is 2.30. The van der Waals surface area contributed by atoms with Crippen LogP contribution in [-0.2, 0) is 4.79 Å². The Hall–Kier alpha value is -2.58. The van der Waals surface area contributed by atoms with Crippen molar-refractivity contribution in [2.75, 3.05) is 26.1 Å². The lowest BCUT2D eigenvalue weighted by Crippen LogP contribution is -3.11. The molecule has 0 saturated heterocycles. The van der Waals surface area contributed by atoms with E-state index in [-0.39, 0.29) is 11.4 Å². The molecule has 8 heteroatoms. The first-order valence-corrected chi connectivity index (χ1v) is 6.99. The van der Waals surface area contributed by atoms with Gasteiger partial charge in [-0.1, -0.05) is 0 Å². The number of hydrazine groups is 1. The molecule has 2 heterocycles. The lowest BCUT2D eigenvalue weighted by atomic mass is 10.3. The van der Waals surface area contributed by atoms with E-state index in [0.29, 0.717) is 12.5 Å². The zero-order chi connectivity index (χ0) is 16.6. The Bertz CT molecular complexity index is 741. The molecule has 1 aromatic rings. The lowest BCUT2D eigenvalue weighted by molar-refractivity contribution is -0.762. The molecule has 3 rings (SSSR count). The number of quaternary nitrogens is 1. The number of amidine groups is 1. The number of halogens is 2. The van der Waals surface area contributed by atoms with Gasteiger partial charge in [-0.15, -0.1) is 0 Å². The Labute approximate surface area is 132 Å². The van der Waals surface area contributed by atoms with Gasteiger partial charge in [-0.05, 0) is 12.1 Å². The number of nitrogens with zero attached hydrogens (tertiary/aromatic N) is 3. The zero-order valence-corrected chi connectivity index (χ0v) is 12.7. The molecule has 120 valence electrons. The third kappa shape index (κ3) is 3.13. The van der Waals surface area contributed by atoms with Crippen molar-refractivity contribution in [3.8, 4) is 0 Å². The predicted octanol–water partition coefficient (Wildman–Crippen LogP) is 0.305. The highest BCUT2D eigenvalue weighted by atomic mass is 19.1. The van der Waals surface area contributed by atoms with Crippen molar-refractivity contribution in [3.05, 3.63) is 54.0 Å². The first-order valence-electron chi connectivity index (χ1n) is 6.99. The molecule has 2 N–H and O–H groups in total. The van der Waals surface area contributed by atoms with E-state index < -0.39 is 17.5 Å². The minimum absolute atomic E-state index is 0.170. The van der Waals surface area contributed by atoms with Crippen LogP contribution >= 0.6 is 0 Å². The molecule has 0 aromatic heterocycles. The van der Waals surface area contributed by atoms with Crippen LogP contribution in [0.3, 0.4) is 0 Å². The van der Waals surface area contributed by atoms with Crippen LogP contribution in [0.4, 0.5) is 14.5 Å². The van der Waals surface area contributed by atoms with Crippen LogP contribution in [0.5, 0.6) is 0 Å². The number of benzene rings is 1. The van der Waals surface area contributed by atoms with E-state index in [1.165, 1.54) is 0 Å². The average Bonchev–Trinajstić information content (AvgIpc) is 2.94. The van der Waals surface area contributed by atoms with Gasteiger partial charge in [0.25, 0.3) is 5.91 Å². The topological polar surface area (TPSA) is 52.4 Å². The van der Waals surface area contributed by atoms with Crippen molar-refractivity contribution in [2.45, 2.75) is 0 Å². The molecular weight excluding hydrogens is 304 g/mol. The van der Waals surface area contributed by atoms with Gasteiger partial charge in [-0.2, -0.15) is 4.99 Å². The maximum Gasteiger partial charge on any atom is 0.280 e. The maximum absolute atomic E-state index is 13.6. The van der Waals surface area contributed by atoms with Gasteiger partial charge < -0.3 is 5.32 Å². The second-order valence-electron chi connectivity index (χ2n) is 5.39. The minimum atomic E-state index is -0.699. The Balaban J connectivity index is 1.75. The van der Waals surface area contributed by atoms with Gasteiger partial charge in [0.05, 0.1) is 5.69 Å². The van der Waals surface area contributed by atoms with Gasteiger partial charge in [0.15, 0.2) is 12.4 Å². The number of anilines is 1. The summed E-state index contributed by atoms with van der Waals surface area (Å²) in [4.78, 5) is 17.3. The van der Waals surface area contributed by atoms with E-state index in [1.807, 2.05) is 30.3 Å². The molecule has 0 spiro atoms. The van der Waals surface area contributed by atoms with Crippen LogP contribution in [0.15, 0.2) is 47.4 Å². The molecule has 0 aliphatic carbocycles. The number of amides is 1. The summed E-state index contributed by atoms with van der Waals surface area (Å²) in [5.41, 5.74) is -0.0367. The maximum atomic E-state index is 13.6. The van der Waals surface area contributed by atoms with Crippen LogP contribution in [0, 0.1) is 11.6 Å². The van der Waals surface area contributed by atoms with Gasteiger partial charge in [0.1, 0.15) is 17.8 Å². The zero-order valence-electron chi connectivity index (χ0n) is 12.7. The molecule has 0 radical (unpaired) electrons. The number of hydrogen-bond acceptors (Lipinski definition) is 4. The second kappa shape index (κ2) is 5.90. The van der Waals surface area contributed by atoms with Crippen LogP contribution in [0.1, 0.15) is 0 Å². The predicted molar refractivity (Wildman–Crippen MR) is 81.0 cm³/mol. The fourth-order valence-corrected chi connectivity index (χ4v) is 2.30. The van der Waals surface area contributed by atoms with E-state index in [1.54, 1.807) is 12.3 Å². The summed E-state index contributed by atoms with van der Waals surface area (Å²) in [7, 11) is 3.82. The van der Waals surface area contributed by atoms with Gasteiger partial charge >= 0.3 is 0 Å². The van der Waals surface area contributed by atoms with E-state index in [4.69, 9.17) is 0 Å². The van der Waals surface area contributed by atoms with E-state index >= 15 is 0 Å². The average molecular weight is 320 g/mol. The highest BCUT2D eigenvalue weighted by molar-refractivity contribution is 6.06. The fourth-order valence-electron chi connectivity index (χ4n) is 2.30. The van der Waals surface area contributed by atoms with Crippen molar-refractivity contribution >= 4 is 17.4 Å². The van der Waals surface area contributed by atoms with Crippen molar-refractivity contribution in [3.63, 3.8) is 0 Å². The van der Waals surface area contributed by atoms with Crippen LogP contribution in [0.2, 0.25) is 0 Å². The van der Waals surface area contributed by atoms with Crippen molar-refractivity contribution in [1.29, 1.82) is 0 Å². The largest absolute Gasteiger partial charge is 0.318 e. The lowest BCUT2D eigenvalue weighted by Gasteiger charge is -2.30. The number of nitrogens with one attached hydrogen (secondary N) is 2. The molecule has 0 fully saturated rings. The Morgan fingerprint density at radius 1 is 1.39 bits per heavy atom. The minimum Gasteiger partial charge on any atom is -0.318 e. The second-order valence-corrected chi connectivity index (χ2v) is 5.39. The summed E-state index contributed by atoms with van der Waals surface area (Å²) in [6, 6.07) is 2.89. The normalized spacial score (nSPS) is 19.5.